The smallest absolute Gasteiger partial charge is 0.197 e. The summed E-state index contributed by atoms with van der Waals surface area (Å²) in [6.45, 7) is 1.96. The van der Waals surface area contributed by atoms with Gasteiger partial charge in [0.1, 0.15) is 0 Å². The average molecular weight is 188 g/mol. The van der Waals surface area contributed by atoms with E-state index in [4.69, 9.17) is 5.73 Å². The summed E-state index contributed by atoms with van der Waals surface area (Å²) >= 11 is 0. The maximum atomic E-state index is 5.55. The molecule has 0 aliphatic heterocycles. The van der Waals surface area contributed by atoms with Crippen molar-refractivity contribution >= 4 is 5.95 Å². The van der Waals surface area contributed by atoms with Crippen LogP contribution in [0.3, 0.4) is 0 Å². The van der Waals surface area contributed by atoms with Crippen molar-refractivity contribution in [1.82, 2.24) is 15.0 Å². The molecule has 2 rings (SSSR count). The van der Waals surface area contributed by atoms with Crippen LogP contribution in [0.5, 0.6) is 0 Å². The van der Waals surface area contributed by atoms with Gasteiger partial charge in [-0.05, 0) is 19.1 Å². The van der Waals surface area contributed by atoms with Crippen LogP contribution in [0.4, 0.5) is 5.95 Å². The number of anilines is 1. The van der Waals surface area contributed by atoms with E-state index in [1.165, 1.54) is 0 Å². The minimum atomic E-state index is 0.466. The molecular formula is C10H12N4. The second-order valence-electron chi connectivity index (χ2n) is 3.19. The number of pyridine rings is 1. The van der Waals surface area contributed by atoms with E-state index < -0.39 is 0 Å². The zero-order valence-corrected chi connectivity index (χ0v) is 7.99. The van der Waals surface area contributed by atoms with Crippen molar-refractivity contribution in [3.05, 3.63) is 41.5 Å². The Bertz CT molecular complexity index is 419. The monoisotopic (exact) mass is 188 g/mol. The molecule has 4 nitrogen and oxygen atoms in total. The van der Waals surface area contributed by atoms with Gasteiger partial charge in [0.15, 0.2) is 5.95 Å². The van der Waals surface area contributed by atoms with E-state index in [9.17, 15) is 0 Å². The minimum Gasteiger partial charge on any atom is -0.369 e. The molecule has 4 heteroatoms. The van der Waals surface area contributed by atoms with Gasteiger partial charge in [-0.1, -0.05) is 6.07 Å². The molecule has 0 radical (unpaired) electrons. The van der Waals surface area contributed by atoms with Crippen LogP contribution in [0.1, 0.15) is 17.1 Å². The molecule has 72 valence electrons. The zero-order chi connectivity index (χ0) is 9.97. The molecule has 0 atom stereocenters. The number of rotatable bonds is 2. The van der Waals surface area contributed by atoms with Gasteiger partial charge in [-0.25, -0.2) is 4.98 Å². The Morgan fingerprint density at radius 3 is 2.86 bits per heavy atom. The number of nitrogens with two attached hydrogens (primary N) is 1. The number of imidazole rings is 1. The van der Waals surface area contributed by atoms with E-state index in [1.54, 1.807) is 6.20 Å². The van der Waals surface area contributed by atoms with Crippen LogP contribution in [-0.4, -0.2) is 15.0 Å². The van der Waals surface area contributed by atoms with Gasteiger partial charge in [-0.3, -0.25) is 4.98 Å². The van der Waals surface area contributed by atoms with Crippen LogP contribution in [0.25, 0.3) is 0 Å². The first-order valence-corrected chi connectivity index (χ1v) is 4.46. The van der Waals surface area contributed by atoms with E-state index in [2.05, 4.69) is 15.0 Å². The largest absolute Gasteiger partial charge is 0.369 e. The summed E-state index contributed by atoms with van der Waals surface area (Å²) < 4.78 is 0. The Balaban J connectivity index is 2.23. The number of aromatic amines is 1. The number of aryl methyl sites for hydroxylation is 1. The van der Waals surface area contributed by atoms with Crippen molar-refractivity contribution in [3.8, 4) is 0 Å². The van der Waals surface area contributed by atoms with E-state index in [0.29, 0.717) is 5.95 Å². The number of H-pyrrole nitrogens is 1. The molecule has 0 aliphatic rings. The van der Waals surface area contributed by atoms with E-state index in [1.807, 2.05) is 25.1 Å². The lowest BCUT2D eigenvalue weighted by Crippen LogP contribution is -1.93. The fourth-order valence-corrected chi connectivity index (χ4v) is 1.37. The third-order valence-electron chi connectivity index (χ3n) is 2.08. The Labute approximate surface area is 82.2 Å². The zero-order valence-electron chi connectivity index (χ0n) is 7.99. The molecule has 2 aromatic heterocycles. The van der Waals surface area contributed by atoms with Crippen molar-refractivity contribution < 1.29 is 0 Å². The van der Waals surface area contributed by atoms with Gasteiger partial charge < -0.3 is 10.7 Å². The number of nitrogens with one attached hydrogen (secondary N) is 1. The Morgan fingerprint density at radius 2 is 2.29 bits per heavy atom. The standard InChI is InChI=1S/C10H12N4/c1-7-9(14-10(11)13-7)6-8-4-2-3-5-12-8/h2-5H,6H2,1H3,(H3,11,13,14). The van der Waals surface area contributed by atoms with Crippen molar-refractivity contribution in [1.29, 1.82) is 0 Å². The van der Waals surface area contributed by atoms with Crippen LogP contribution in [0.15, 0.2) is 24.4 Å². The lowest BCUT2D eigenvalue weighted by atomic mass is 10.2. The van der Waals surface area contributed by atoms with Gasteiger partial charge in [0.25, 0.3) is 0 Å². The molecule has 0 spiro atoms. The second kappa shape index (κ2) is 3.49. The maximum absolute atomic E-state index is 5.55. The van der Waals surface area contributed by atoms with Crippen molar-refractivity contribution in [2.75, 3.05) is 5.73 Å². The Morgan fingerprint density at radius 1 is 1.43 bits per heavy atom. The van der Waals surface area contributed by atoms with Crippen molar-refractivity contribution in [2.24, 2.45) is 0 Å². The number of hydrogen-bond donors (Lipinski definition) is 2. The molecule has 0 fully saturated rings. The SMILES string of the molecule is Cc1[nH]c(N)nc1Cc1ccccn1. The van der Waals surface area contributed by atoms with Gasteiger partial charge in [-0.15, -0.1) is 0 Å². The predicted octanol–water partition coefficient (Wildman–Crippen LogP) is 1.29. The van der Waals surface area contributed by atoms with Crippen LogP contribution >= 0.6 is 0 Å². The first kappa shape index (κ1) is 8.74. The highest BCUT2D eigenvalue weighted by molar-refractivity contribution is 5.28. The van der Waals surface area contributed by atoms with Gasteiger partial charge in [0, 0.05) is 24.0 Å². The van der Waals surface area contributed by atoms with E-state index in [0.717, 1.165) is 23.5 Å². The molecule has 3 N–H and O–H groups in total. The third-order valence-corrected chi connectivity index (χ3v) is 2.08. The summed E-state index contributed by atoms with van der Waals surface area (Å²) in [6, 6.07) is 5.84. The summed E-state index contributed by atoms with van der Waals surface area (Å²) in [4.78, 5) is 11.4. The molecular weight excluding hydrogens is 176 g/mol. The molecule has 2 aromatic rings. The molecule has 0 saturated heterocycles. The lowest BCUT2D eigenvalue weighted by Gasteiger charge is -1.97. The summed E-state index contributed by atoms with van der Waals surface area (Å²) in [6.07, 6.45) is 2.50. The second-order valence-corrected chi connectivity index (χ2v) is 3.19. The first-order valence-electron chi connectivity index (χ1n) is 4.46. The normalized spacial score (nSPS) is 10.4. The third kappa shape index (κ3) is 1.74. The molecule has 0 bridgehead atoms. The molecule has 0 unspecified atom stereocenters. The number of hydrogen-bond acceptors (Lipinski definition) is 3. The van der Waals surface area contributed by atoms with Gasteiger partial charge in [0.2, 0.25) is 0 Å². The molecule has 0 saturated carbocycles. The Kier molecular flexibility index (Phi) is 2.18. The highest BCUT2D eigenvalue weighted by Crippen LogP contribution is 2.10. The van der Waals surface area contributed by atoms with Crippen LogP contribution in [-0.2, 0) is 6.42 Å². The van der Waals surface area contributed by atoms with Crippen molar-refractivity contribution in [3.63, 3.8) is 0 Å². The maximum Gasteiger partial charge on any atom is 0.197 e. The molecule has 0 amide bonds. The highest BCUT2D eigenvalue weighted by atomic mass is 15.0. The molecule has 0 aromatic carbocycles. The van der Waals surface area contributed by atoms with Crippen LogP contribution in [0.2, 0.25) is 0 Å². The summed E-state index contributed by atoms with van der Waals surface area (Å²) in [5.41, 5.74) is 8.51. The molecule has 0 aliphatic carbocycles. The van der Waals surface area contributed by atoms with Crippen molar-refractivity contribution in [2.45, 2.75) is 13.3 Å². The fourth-order valence-electron chi connectivity index (χ4n) is 1.37. The lowest BCUT2D eigenvalue weighted by molar-refractivity contribution is 1.01. The fraction of sp³-hybridized carbons (Fsp3) is 0.200. The summed E-state index contributed by atoms with van der Waals surface area (Å²) in [5, 5.41) is 0. The Hall–Kier alpha value is -1.84. The predicted molar refractivity (Wildman–Crippen MR) is 54.8 cm³/mol. The molecule has 2 heterocycles. The van der Waals surface area contributed by atoms with Gasteiger partial charge in [0.05, 0.1) is 5.69 Å². The van der Waals surface area contributed by atoms with E-state index >= 15 is 0 Å². The summed E-state index contributed by atoms with van der Waals surface area (Å²) in [7, 11) is 0. The molecule has 14 heavy (non-hydrogen) atoms. The minimum absolute atomic E-state index is 0.466. The van der Waals surface area contributed by atoms with Gasteiger partial charge >= 0.3 is 0 Å². The highest BCUT2D eigenvalue weighted by Gasteiger charge is 2.05. The quantitative estimate of drug-likeness (QED) is 0.746. The van der Waals surface area contributed by atoms with Crippen LogP contribution in [0, 0.1) is 6.92 Å². The topological polar surface area (TPSA) is 67.6 Å². The number of nitrogens with zero attached hydrogens (tertiary/aromatic N) is 2. The van der Waals surface area contributed by atoms with Gasteiger partial charge in [-0.2, -0.15) is 0 Å². The number of nitrogen functional groups attached to an aromatic ring is 1. The summed E-state index contributed by atoms with van der Waals surface area (Å²) in [5.74, 6) is 0.466. The first-order chi connectivity index (χ1) is 6.75. The van der Waals surface area contributed by atoms with Crippen LogP contribution < -0.4 is 5.73 Å². The average Bonchev–Trinajstić information content (AvgIpc) is 2.47. The van der Waals surface area contributed by atoms with E-state index in [-0.39, 0.29) is 0 Å². The number of aromatic nitrogens is 3.